The Kier molecular flexibility index (Phi) is 7.45. The molecule has 1 aliphatic rings. The van der Waals surface area contributed by atoms with E-state index >= 15 is 0 Å². The monoisotopic (exact) mass is 529 g/mol. The SMILES string of the molecule is COc1cc2c(cc1OC)[C@@H](COc1ccc3c(C)cc(=O)oc3c1)N(C(=O)[C@H](C)Oc1ccccc1)CC2. The summed E-state index contributed by atoms with van der Waals surface area (Å²) in [5.74, 6) is 2.23. The number of amides is 1. The number of carbonyl (C=O) groups is 1. The fraction of sp³-hybridized carbons (Fsp3) is 0.290. The van der Waals surface area contributed by atoms with Crippen molar-refractivity contribution in [2.45, 2.75) is 32.4 Å². The Morgan fingerprint density at radius 1 is 1.00 bits per heavy atom. The zero-order chi connectivity index (χ0) is 27.5. The van der Waals surface area contributed by atoms with Crippen molar-refractivity contribution in [3.05, 3.63) is 93.8 Å². The molecule has 1 amide bonds. The van der Waals surface area contributed by atoms with Crippen LogP contribution in [-0.2, 0) is 11.2 Å². The van der Waals surface area contributed by atoms with Gasteiger partial charge < -0.3 is 28.3 Å². The van der Waals surface area contributed by atoms with E-state index < -0.39 is 17.8 Å². The summed E-state index contributed by atoms with van der Waals surface area (Å²) in [5, 5.41) is 0.838. The van der Waals surface area contributed by atoms with E-state index in [2.05, 4.69) is 0 Å². The summed E-state index contributed by atoms with van der Waals surface area (Å²) in [5.41, 5.74) is 2.85. The van der Waals surface area contributed by atoms with E-state index in [4.69, 9.17) is 23.4 Å². The summed E-state index contributed by atoms with van der Waals surface area (Å²) >= 11 is 0. The number of rotatable bonds is 8. The first-order valence-corrected chi connectivity index (χ1v) is 12.8. The predicted octanol–water partition coefficient (Wildman–Crippen LogP) is 5.09. The molecule has 0 unspecified atom stereocenters. The lowest BCUT2D eigenvalue weighted by Crippen LogP contribution is -2.47. The molecule has 8 heteroatoms. The molecule has 0 saturated heterocycles. The standard InChI is InChI=1S/C31H31NO7/c1-19-14-30(33)39-27-16-23(10-11-24(19)27)37-18-26-25-17-29(36-4)28(35-3)15-21(25)12-13-32(26)31(34)20(2)38-22-8-6-5-7-9-22/h5-11,14-17,20,26H,12-13,18H2,1-4H3/t20-,26+/m0/s1. The Hall–Kier alpha value is -4.46. The lowest BCUT2D eigenvalue weighted by molar-refractivity contribution is -0.141. The third kappa shape index (κ3) is 5.41. The van der Waals surface area contributed by atoms with Crippen LogP contribution in [0.2, 0.25) is 0 Å². The fourth-order valence-electron chi connectivity index (χ4n) is 5.03. The van der Waals surface area contributed by atoms with Gasteiger partial charge in [0.2, 0.25) is 0 Å². The Morgan fingerprint density at radius 3 is 2.49 bits per heavy atom. The zero-order valence-corrected chi connectivity index (χ0v) is 22.4. The maximum Gasteiger partial charge on any atom is 0.336 e. The normalized spacial score (nSPS) is 15.4. The predicted molar refractivity (Wildman–Crippen MR) is 147 cm³/mol. The van der Waals surface area contributed by atoms with Gasteiger partial charge in [0.25, 0.3) is 5.91 Å². The van der Waals surface area contributed by atoms with Crippen molar-refractivity contribution in [1.82, 2.24) is 4.90 Å². The first kappa shape index (κ1) is 26.2. The molecule has 2 heterocycles. The molecule has 3 aromatic carbocycles. The van der Waals surface area contributed by atoms with E-state index in [0.29, 0.717) is 41.5 Å². The summed E-state index contributed by atoms with van der Waals surface area (Å²) in [6, 6.07) is 19.6. The van der Waals surface area contributed by atoms with Gasteiger partial charge >= 0.3 is 5.63 Å². The lowest BCUT2D eigenvalue weighted by Gasteiger charge is -2.38. The average molecular weight is 530 g/mol. The van der Waals surface area contributed by atoms with Gasteiger partial charge in [-0.05, 0) is 73.4 Å². The minimum Gasteiger partial charge on any atom is -0.493 e. The molecule has 8 nitrogen and oxygen atoms in total. The number of hydrogen-bond acceptors (Lipinski definition) is 7. The smallest absolute Gasteiger partial charge is 0.336 e. The van der Waals surface area contributed by atoms with Gasteiger partial charge in [0, 0.05) is 24.1 Å². The molecule has 0 bridgehead atoms. The van der Waals surface area contributed by atoms with Crippen LogP contribution in [0.5, 0.6) is 23.0 Å². The van der Waals surface area contributed by atoms with Crippen LogP contribution in [-0.4, -0.2) is 44.3 Å². The molecule has 0 aliphatic carbocycles. The summed E-state index contributed by atoms with van der Waals surface area (Å²) < 4.78 is 28.7. The van der Waals surface area contributed by atoms with Crippen LogP contribution in [0.15, 0.2) is 75.9 Å². The van der Waals surface area contributed by atoms with Crippen molar-refractivity contribution in [2.75, 3.05) is 27.4 Å². The summed E-state index contributed by atoms with van der Waals surface area (Å²) in [4.78, 5) is 27.4. The van der Waals surface area contributed by atoms with E-state index in [-0.39, 0.29) is 12.5 Å². The van der Waals surface area contributed by atoms with E-state index in [1.807, 2.05) is 61.5 Å². The van der Waals surface area contributed by atoms with E-state index in [1.165, 1.54) is 6.07 Å². The first-order valence-electron chi connectivity index (χ1n) is 12.8. The Morgan fingerprint density at radius 2 is 1.74 bits per heavy atom. The molecule has 202 valence electrons. The van der Waals surface area contributed by atoms with Gasteiger partial charge in [-0.15, -0.1) is 0 Å². The highest BCUT2D eigenvalue weighted by Crippen LogP contribution is 2.39. The zero-order valence-electron chi connectivity index (χ0n) is 22.4. The maximum absolute atomic E-state index is 13.7. The van der Waals surface area contributed by atoms with Gasteiger partial charge in [-0.1, -0.05) is 18.2 Å². The highest BCUT2D eigenvalue weighted by molar-refractivity contribution is 5.82. The third-order valence-corrected chi connectivity index (χ3v) is 7.02. The van der Waals surface area contributed by atoms with E-state index in [9.17, 15) is 9.59 Å². The quantitative estimate of drug-likeness (QED) is 0.294. The van der Waals surface area contributed by atoms with Crippen LogP contribution in [0.1, 0.15) is 29.7 Å². The van der Waals surface area contributed by atoms with Crippen molar-refractivity contribution in [3.63, 3.8) is 0 Å². The third-order valence-electron chi connectivity index (χ3n) is 7.02. The number of fused-ring (bicyclic) bond motifs is 2. The number of aryl methyl sites for hydroxylation is 1. The minimum absolute atomic E-state index is 0.145. The molecule has 0 fully saturated rings. The Labute approximate surface area is 226 Å². The molecule has 0 N–H and O–H groups in total. The van der Waals surface area contributed by atoms with Gasteiger partial charge in [0.1, 0.15) is 23.7 Å². The second kappa shape index (κ2) is 11.1. The van der Waals surface area contributed by atoms with Crippen LogP contribution in [0.3, 0.4) is 0 Å². The van der Waals surface area contributed by atoms with Gasteiger partial charge in [0.05, 0.1) is 20.3 Å². The number of methoxy groups -OCH3 is 2. The molecule has 0 radical (unpaired) electrons. The molecule has 1 aliphatic heterocycles. The Balaban J connectivity index is 1.46. The van der Waals surface area contributed by atoms with Crippen molar-refractivity contribution in [1.29, 1.82) is 0 Å². The molecule has 4 aromatic rings. The Bertz CT molecular complexity index is 1550. The largest absolute Gasteiger partial charge is 0.493 e. The molecule has 0 spiro atoms. The number of nitrogens with zero attached hydrogens (tertiary/aromatic N) is 1. The number of benzene rings is 3. The van der Waals surface area contributed by atoms with Crippen LogP contribution in [0.25, 0.3) is 11.0 Å². The average Bonchev–Trinajstić information content (AvgIpc) is 2.94. The molecule has 0 saturated carbocycles. The number of hydrogen-bond donors (Lipinski definition) is 0. The van der Waals surface area contributed by atoms with Gasteiger partial charge in [-0.2, -0.15) is 0 Å². The molecule has 5 rings (SSSR count). The first-order chi connectivity index (χ1) is 18.9. The second-order valence-electron chi connectivity index (χ2n) is 9.49. The topological polar surface area (TPSA) is 87.4 Å². The van der Waals surface area contributed by atoms with Crippen LogP contribution >= 0.6 is 0 Å². The number of para-hydroxylation sites is 1. The van der Waals surface area contributed by atoms with Gasteiger partial charge in [-0.25, -0.2) is 4.79 Å². The van der Waals surface area contributed by atoms with Crippen LogP contribution in [0.4, 0.5) is 0 Å². The van der Waals surface area contributed by atoms with Crippen molar-refractivity contribution in [3.8, 4) is 23.0 Å². The fourth-order valence-corrected chi connectivity index (χ4v) is 5.03. The second-order valence-corrected chi connectivity index (χ2v) is 9.49. The summed E-state index contributed by atoms with van der Waals surface area (Å²) in [6.07, 6.45) is -0.0503. The molecular formula is C31H31NO7. The molecule has 39 heavy (non-hydrogen) atoms. The lowest BCUT2D eigenvalue weighted by atomic mass is 9.91. The maximum atomic E-state index is 13.7. The van der Waals surface area contributed by atoms with Crippen LogP contribution < -0.4 is 24.6 Å². The van der Waals surface area contributed by atoms with Crippen molar-refractivity contribution >= 4 is 16.9 Å². The van der Waals surface area contributed by atoms with E-state index in [1.54, 1.807) is 32.1 Å². The number of ether oxygens (including phenoxy) is 4. The molecule has 2 atom stereocenters. The highest BCUT2D eigenvalue weighted by atomic mass is 16.5. The highest BCUT2D eigenvalue weighted by Gasteiger charge is 2.35. The van der Waals surface area contributed by atoms with Gasteiger partial charge in [0.15, 0.2) is 17.6 Å². The van der Waals surface area contributed by atoms with Crippen molar-refractivity contribution in [2.24, 2.45) is 0 Å². The molecule has 1 aromatic heterocycles. The van der Waals surface area contributed by atoms with Crippen molar-refractivity contribution < 1.29 is 28.2 Å². The minimum atomic E-state index is -0.700. The summed E-state index contributed by atoms with van der Waals surface area (Å²) in [7, 11) is 3.19. The number of carbonyl (C=O) groups excluding carboxylic acids is 1. The van der Waals surface area contributed by atoms with Crippen LogP contribution in [0, 0.1) is 6.92 Å². The van der Waals surface area contributed by atoms with Gasteiger partial charge in [-0.3, -0.25) is 4.79 Å². The van der Waals surface area contributed by atoms with E-state index in [0.717, 1.165) is 22.1 Å². The molecular weight excluding hydrogens is 498 g/mol. The summed E-state index contributed by atoms with van der Waals surface area (Å²) in [6.45, 7) is 4.28.